The van der Waals surface area contributed by atoms with Gasteiger partial charge in [0.05, 0.1) is 10.5 Å². The van der Waals surface area contributed by atoms with Gasteiger partial charge in [0.1, 0.15) is 16.4 Å². The minimum atomic E-state index is -4.67. The molecule has 7 nitrogen and oxygen atoms in total. The Hall–Kier alpha value is -3.47. The number of nitro groups is 1. The van der Waals surface area contributed by atoms with Gasteiger partial charge in [-0.15, -0.1) is 11.3 Å². The lowest BCUT2D eigenvalue weighted by Gasteiger charge is -2.35. The molecule has 1 aliphatic heterocycles. The maximum Gasteiger partial charge on any atom is 0.416 e. The molecule has 1 aliphatic rings. The number of alkyl halides is 3. The number of hydrogen-bond donors (Lipinski definition) is 0. The largest absolute Gasteiger partial charge is 0.416 e. The predicted octanol–water partition coefficient (Wildman–Crippen LogP) is 5.01. The number of hydrogen-bond acceptors (Lipinski definition) is 6. The fraction of sp³-hybridized carbons (Fsp3) is 0.273. The molecule has 11 heteroatoms. The molecule has 1 amide bonds. The summed E-state index contributed by atoms with van der Waals surface area (Å²) in [5, 5.41) is 13.8. The zero-order valence-corrected chi connectivity index (χ0v) is 18.3. The van der Waals surface area contributed by atoms with Crippen LogP contribution in [0.4, 0.5) is 24.5 Å². The van der Waals surface area contributed by atoms with Crippen molar-refractivity contribution in [1.29, 1.82) is 0 Å². The summed E-state index contributed by atoms with van der Waals surface area (Å²) < 4.78 is 38.8. The van der Waals surface area contributed by atoms with E-state index in [1.54, 1.807) is 15.2 Å². The van der Waals surface area contributed by atoms with Crippen molar-refractivity contribution in [2.24, 2.45) is 0 Å². The van der Waals surface area contributed by atoms with Crippen LogP contribution in [0.5, 0.6) is 0 Å². The quantitative estimate of drug-likeness (QED) is 0.391. The van der Waals surface area contributed by atoms with Crippen LogP contribution in [0.15, 0.2) is 47.8 Å². The third kappa shape index (κ3) is 4.82. The summed E-state index contributed by atoms with van der Waals surface area (Å²) in [6.45, 7) is 3.04. The maximum absolute atomic E-state index is 12.9. The van der Waals surface area contributed by atoms with E-state index in [0.29, 0.717) is 11.8 Å². The zero-order chi connectivity index (χ0) is 23.8. The first kappa shape index (κ1) is 22.7. The predicted molar refractivity (Wildman–Crippen MR) is 119 cm³/mol. The standard InChI is InChI=1S/C22H19F3N4O3S/c1-14-2-4-15(5-3-14)20-26-17(13-33-20)21(30)28-10-8-27(9-11-28)18-7-6-16(22(23,24)25)12-19(18)29(31)32/h2-7,12-13H,8-11H2,1H3. The molecule has 2 heterocycles. The Kier molecular flexibility index (Phi) is 6.07. The lowest BCUT2D eigenvalue weighted by atomic mass is 10.1. The van der Waals surface area contributed by atoms with E-state index in [-0.39, 0.29) is 37.8 Å². The van der Waals surface area contributed by atoms with Crippen LogP contribution in [0.3, 0.4) is 0 Å². The van der Waals surface area contributed by atoms with Gasteiger partial charge in [-0.1, -0.05) is 29.8 Å². The highest BCUT2D eigenvalue weighted by Gasteiger charge is 2.34. The molecular formula is C22H19F3N4O3S. The summed E-state index contributed by atoms with van der Waals surface area (Å²) in [4.78, 5) is 31.1. The van der Waals surface area contributed by atoms with Crippen LogP contribution in [-0.4, -0.2) is 46.9 Å². The van der Waals surface area contributed by atoms with Gasteiger partial charge in [0.15, 0.2) is 0 Å². The number of amides is 1. The average molecular weight is 476 g/mol. The molecule has 3 aromatic rings. The SMILES string of the molecule is Cc1ccc(-c2nc(C(=O)N3CCN(c4ccc(C(F)(F)F)cc4[N+](=O)[O-])CC3)cs2)cc1. The van der Waals surface area contributed by atoms with Crippen molar-refractivity contribution < 1.29 is 22.9 Å². The number of benzene rings is 2. The second-order valence-electron chi connectivity index (χ2n) is 7.64. The van der Waals surface area contributed by atoms with E-state index in [0.717, 1.165) is 28.3 Å². The second kappa shape index (κ2) is 8.81. The Morgan fingerprint density at radius 2 is 1.76 bits per heavy atom. The molecule has 4 rings (SSSR count). The number of halogens is 3. The maximum atomic E-state index is 12.9. The highest BCUT2D eigenvalue weighted by molar-refractivity contribution is 7.13. The van der Waals surface area contributed by atoms with Gasteiger partial charge < -0.3 is 9.80 Å². The summed E-state index contributed by atoms with van der Waals surface area (Å²) >= 11 is 1.37. The van der Waals surface area contributed by atoms with Crippen LogP contribution < -0.4 is 4.90 Å². The fourth-order valence-electron chi connectivity index (χ4n) is 3.63. The number of rotatable bonds is 4. The van der Waals surface area contributed by atoms with E-state index >= 15 is 0 Å². The smallest absolute Gasteiger partial charge is 0.362 e. The first-order valence-corrected chi connectivity index (χ1v) is 10.9. The number of carbonyl (C=O) groups excluding carboxylic acids is 1. The number of carbonyl (C=O) groups is 1. The highest BCUT2D eigenvalue weighted by atomic mass is 32.1. The van der Waals surface area contributed by atoms with Gasteiger partial charge in [-0.2, -0.15) is 13.2 Å². The minimum Gasteiger partial charge on any atom is -0.362 e. The molecule has 1 aromatic heterocycles. The van der Waals surface area contributed by atoms with Crippen molar-refractivity contribution in [3.63, 3.8) is 0 Å². The number of aromatic nitrogens is 1. The molecular weight excluding hydrogens is 457 g/mol. The molecule has 0 bridgehead atoms. The topological polar surface area (TPSA) is 79.6 Å². The fourth-order valence-corrected chi connectivity index (χ4v) is 4.43. The zero-order valence-electron chi connectivity index (χ0n) is 17.5. The van der Waals surface area contributed by atoms with Crippen molar-refractivity contribution in [3.05, 3.63) is 74.8 Å². The number of thiazole rings is 1. The summed E-state index contributed by atoms with van der Waals surface area (Å²) in [5.41, 5.74) is 0.799. The summed E-state index contributed by atoms with van der Waals surface area (Å²) in [6, 6.07) is 10.3. The van der Waals surface area contributed by atoms with Crippen molar-refractivity contribution in [2.75, 3.05) is 31.1 Å². The third-order valence-electron chi connectivity index (χ3n) is 5.43. The number of aryl methyl sites for hydroxylation is 1. The molecule has 0 N–H and O–H groups in total. The molecule has 1 fully saturated rings. The lowest BCUT2D eigenvalue weighted by molar-refractivity contribution is -0.384. The molecule has 0 unspecified atom stereocenters. The van der Waals surface area contributed by atoms with Gasteiger partial charge in [0, 0.05) is 43.2 Å². The van der Waals surface area contributed by atoms with E-state index in [9.17, 15) is 28.1 Å². The summed E-state index contributed by atoms with van der Waals surface area (Å²) in [5.74, 6) is -0.244. The molecule has 0 aliphatic carbocycles. The van der Waals surface area contributed by atoms with Crippen molar-refractivity contribution >= 4 is 28.6 Å². The van der Waals surface area contributed by atoms with Crippen LogP contribution >= 0.6 is 11.3 Å². The Labute approximate surface area is 191 Å². The van der Waals surface area contributed by atoms with Crippen molar-refractivity contribution in [1.82, 2.24) is 9.88 Å². The first-order valence-electron chi connectivity index (χ1n) is 10.1. The highest BCUT2D eigenvalue weighted by Crippen LogP contribution is 2.37. The normalized spacial score (nSPS) is 14.4. The number of piperazine rings is 1. The monoisotopic (exact) mass is 476 g/mol. The van der Waals surface area contributed by atoms with Gasteiger partial charge in [0.25, 0.3) is 11.6 Å². The van der Waals surface area contributed by atoms with Gasteiger partial charge in [-0.05, 0) is 19.1 Å². The first-order chi connectivity index (χ1) is 15.6. The molecule has 172 valence electrons. The van der Waals surface area contributed by atoms with E-state index < -0.39 is 22.4 Å². The van der Waals surface area contributed by atoms with E-state index in [1.807, 2.05) is 31.2 Å². The van der Waals surface area contributed by atoms with Gasteiger partial charge in [-0.25, -0.2) is 4.98 Å². The Bertz CT molecular complexity index is 1190. The molecule has 0 spiro atoms. The molecule has 0 saturated carbocycles. The Morgan fingerprint density at radius 1 is 1.09 bits per heavy atom. The average Bonchev–Trinajstić information content (AvgIpc) is 3.28. The molecule has 1 saturated heterocycles. The molecule has 0 radical (unpaired) electrons. The molecule has 0 atom stereocenters. The third-order valence-corrected chi connectivity index (χ3v) is 6.32. The Morgan fingerprint density at radius 3 is 2.36 bits per heavy atom. The van der Waals surface area contributed by atoms with Crippen LogP contribution in [0, 0.1) is 17.0 Å². The molecule has 33 heavy (non-hydrogen) atoms. The van der Waals surface area contributed by atoms with E-state index in [2.05, 4.69) is 4.98 Å². The van der Waals surface area contributed by atoms with Gasteiger partial charge >= 0.3 is 6.18 Å². The number of nitrogens with zero attached hydrogens (tertiary/aromatic N) is 4. The van der Waals surface area contributed by atoms with Gasteiger partial charge in [0.2, 0.25) is 0 Å². The van der Waals surface area contributed by atoms with Crippen molar-refractivity contribution in [3.8, 4) is 10.6 Å². The summed E-state index contributed by atoms with van der Waals surface area (Å²) in [7, 11) is 0. The number of nitro benzene ring substituents is 1. The van der Waals surface area contributed by atoms with Gasteiger partial charge in [-0.3, -0.25) is 14.9 Å². The van der Waals surface area contributed by atoms with Crippen LogP contribution in [-0.2, 0) is 6.18 Å². The minimum absolute atomic E-state index is 0.107. The Balaban J connectivity index is 1.45. The second-order valence-corrected chi connectivity index (χ2v) is 8.50. The van der Waals surface area contributed by atoms with Crippen LogP contribution in [0.1, 0.15) is 21.6 Å². The van der Waals surface area contributed by atoms with Crippen LogP contribution in [0.2, 0.25) is 0 Å². The lowest BCUT2D eigenvalue weighted by Crippen LogP contribution is -2.49. The molecule has 2 aromatic carbocycles. The summed E-state index contributed by atoms with van der Waals surface area (Å²) in [6.07, 6.45) is -4.67. The van der Waals surface area contributed by atoms with Crippen molar-refractivity contribution in [2.45, 2.75) is 13.1 Å². The van der Waals surface area contributed by atoms with E-state index in [1.165, 1.54) is 11.3 Å². The van der Waals surface area contributed by atoms with Crippen LogP contribution in [0.25, 0.3) is 10.6 Å². The van der Waals surface area contributed by atoms with E-state index in [4.69, 9.17) is 0 Å². The number of anilines is 1.